The molecule has 1 aliphatic rings. The molecular formula is C18H23NO4. The van der Waals surface area contributed by atoms with Crippen molar-refractivity contribution in [3.05, 3.63) is 42.5 Å². The number of para-hydroxylation sites is 1. The van der Waals surface area contributed by atoms with Gasteiger partial charge in [-0.2, -0.15) is 0 Å². The Morgan fingerprint density at radius 2 is 2.17 bits per heavy atom. The third-order valence-electron chi connectivity index (χ3n) is 3.93. The maximum atomic E-state index is 12.5. The summed E-state index contributed by atoms with van der Waals surface area (Å²) in [5, 5.41) is 0. The smallest absolute Gasteiger partial charge is 0.335 e. The highest BCUT2D eigenvalue weighted by Gasteiger charge is 2.29. The summed E-state index contributed by atoms with van der Waals surface area (Å²) in [5.41, 5.74) is 2.05. The number of anilines is 1. The molecule has 1 aromatic rings. The van der Waals surface area contributed by atoms with Gasteiger partial charge in [-0.25, -0.2) is 4.79 Å². The summed E-state index contributed by atoms with van der Waals surface area (Å²) in [6.07, 6.45) is 2.69. The second kappa shape index (κ2) is 7.92. The highest BCUT2D eigenvalue weighted by atomic mass is 16.6. The van der Waals surface area contributed by atoms with E-state index in [1.54, 1.807) is 17.9 Å². The molecule has 2 atom stereocenters. The Morgan fingerprint density at radius 1 is 1.43 bits per heavy atom. The molecule has 1 amide bonds. The Morgan fingerprint density at radius 3 is 2.91 bits per heavy atom. The van der Waals surface area contributed by atoms with Crippen LogP contribution in [0.25, 0.3) is 0 Å². The van der Waals surface area contributed by atoms with Gasteiger partial charge in [-0.15, -0.1) is 6.58 Å². The summed E-state index contributed by atoms with van der Waals surface area (Å²) < 4.78 is 10.3. The van der Waals surface area contributed by atoms with Crippen LogP contribution < -0.4 is 4.90 Å². The van der Waals surface area contributed by atoms with Gasteiger partial charge in [0.05, 0.1) is 6.61 Å². The van der Waals surface area contributed by atoms with Gasteiger partial charge in [0.1, 0.15) is 0 Å². The Bertz CT molecular complexity index is 584. The minimum Gasteiger partial charge on any atom is -0.454 e. The molecule has 2 rings (SSSR count). The van der Waals surface area contributed by atoms with Gasteiger partial charge in [-0.3, -0.25) is 4.79 Å². The van der Waals surface area contributed by atoms with Crippen LogP contribution in [-0.4, -0.2) is 37.2 Å². The molecule has 5 nitrogen and oxygen atoms in total. The van der Waals surface area contributed by atoms with E-state index >= 15 is 0 Å². The molecule has 2 unspecified atom stereocenters. The maximum Gasteiger partial charge on any atom is 0.335 e. The van der Waals surface area contributed by atoms with Crippen LogP contribution in [-0.2, 0) is 25.5 Å². The van der Waals surface area contributed by atoms with E-state index in [0.29, 0.717) is 0 Å². The zero-order chi connectivity index (χ0) is 16.8. The zero-order valence-electron chi connectivity index (χ0n) is 13.7. The topological polar surface area (TPSA) is 55.8 Å². The van der Waals surface area contributed by atoms with Crippen molar-refractivity contribution in [3.8, 4) is 0 Å². The van der Waals surface area contributed by atoms with Crippen molar-refractivity contribution in [2.75, 3.05) is 18.1 Å². The zero-order valence-corrected chi connectivity index (χ0v) is 13.7. The highest BCUT2D eigenvalue weighted by Crippen LogP contribution is 2.30. The van der Waals surface area contributed by atoms with Crippen LogP contribution in [0.15, 0.2) is 36.9 Å². The first kappa shape index (κ1) is 17.2. The van der Waals surface area contributed by atoms with Gasteiger partial charge >= 0.3 is 5.97 Å². The van der Waals surface area contributed by atoms with Crippen molar-refractivity contribution in [2.24, 2.45) is 0 Å². The number of ether oxygens (including phenoxy) is 2. The van der Waals surface area contributed by atoms with Crippen molar-refractivity contribution in [3.63, 3.8) is 0 Å². The molecule has 23 heavy (non-hydrogen) atoms. The van der Waals surface area contributed by atoms with Crippen LogP contribution in [0.1, 0.15) is 25.8 Å². The minimum absolute atomic E-state index is 0.0885. The average molecular weight is 317 g/mol. The summed E-state index contributed by atoms with van der Waals surface area (Å²) in [4.78, 5) is 26.0. The number of amides is 1. The molecule has 0 saturated heterocycles. The van der Waals surface area contributed by atoms with Crippen LogP contribution >= 0.6 is 0 Å². The first-order valence-corrected chi connectivity index (χ1v) is 7.83. The molecule has 0 aromatic heterocycles. The number of aryl methyl sites for hydroxylation is 1. The molecule has 5 heteroatoms. The van der Waals surface area contributed by atoms with Crippen molar-refractivity contribution in [1.82, 2.24) is 0 Å². The lowest BCUT2D eigenvalue weighted by Gasteiger charge is -2.35. The lowest BCUT2D eigenvalue weighted by Crippen LogP contribution is -2.44. The van der Waals surface area contributed by atoms with Crippen LogP contribution in [0.4, 0.5) is 5.69 Å². The van der Waals surface area contributed by atoms with Crippen LogP contribution in [0.2, 0.25) is 0 Å². The van der Waals surface area contributed by atoms with Crippen LogP contribution in [0.3, 0.4) is 0 Å². The number of carbonyl (C=O) groups excluding carboxylic acids is 2. The average Bonchev–Trinajstić information content (AvgIpc) is 2.57. The number of fused-ring (bicyclic) bond motifs is 1. The van der Waals surface area contributed by atoms with Crippen LogP contribution in [0, 0.1) is 0 Å². The molecule has 0 bridgehead atoms. The second-order valence-electron chi connectivity index (χ2n) is 5.65. The fraction of sp³-hybridized carbons (Fsp3) is 0.444. The van der Waals surface area contributed by atoms with Gasteiger partial charge in [-0.05, 0) is 38.3 Å². The van der Waals surface area contributed by atoms with Gasteiger partial charge in [-0.1, -0.05) is 24.3 Å². The van der Waals surface area contributed by atoms with E-state index in [1.165, 1.54) is 0 Å². The SMILES string of the molecule is C=CCOC(C)C(=O)OCC(=O)N1c2ccccc2CCC1C. The number of rotatable bonds is 6. The number of benzene rings is 1. The summed E-state index contributed by atoms with van der Waals surface area (Å²) in [5.74, 6) is -0.757. The van der Waals surface area contributed by atoms with E-state index in [0.717, 1.165) is 24.1 Å². The monoisotopic (exact) mass is 317 g/mol. The maximum absolute atomic E-state index is 12.5. The largest absolute Gasteiger partial charge is 0.454 e. The fourth-order valence-corrected chi connectivity index (χ4v) is 2.67. The van der Waals surface area contributed by atoms with Crippen molar-refractivity contribution in [2.45, 2.75) is 38.8 Å². The van der Waals surface area contributed by atoms with E-state index in [1.807, 2.05) is 31.2 Å². The van der Waals surface area contributed by atoms with E-state index in [2.05, 4.69) is 6.58 Å². The molecule has 1 aromatic carbocycles. The quantitative estimate of drug-likeness (QED) is 0.597. The Hall–Kier alpha value is -2.14. The number of hydrogen-bond donors (Lipinski definition) is 0. The van der Waals surface area contributed by atoms with Gasteiger partial charge in [0.2, 0.25) is 0 Å². The number of esters is 1. The third kappa shape index (κ3) is 4.20. The lowest BCUT2D eigenvalue weighted by molar-refractivity contribution is -0.158. The van der Waals surface area contributed by atoms with Crippen molar-refractivity contribution < 1.29 is 19.1 Å². The third-order valence-corrected chi connectivity index (χ3v) is 3.93. The standard InChI is InChI=1S/C18H23NO4/c1-4-11-22-14(3)18(21)23-12-17(20)19-13(2)9-10-15-7-5-6-8-16(15)19/h4-8,13-14H,1,9-12H2,2-3H3. The fourth-order valence-electron chi connectivity index (χ4n) is 2.67. The Balaban J connectivity index is 1.98. The number of carbonyl (C=O) groups is 2. The summed E-state index contributed by atoms with van der Waals surface area (Å²) in [6.45, 7) is 7.10. The van der Waals surface area contributed by atoms with E-state index in [9.17, 15) is 9.59 Å². The molecule has 1 aliphatic heterocycles. The van der Waals surface area contributed by atoms with E-state index in [4.69, 9.17) is 9.47 Å². The van der Waals surface area contributed by atoms with Crippen LogP contribution in [0.5, 0.6) is 0 Å². The number of hydrogen-bond acceptors (Lipinski definition) is 4. The molecule has 0 fully saturated rings. The molecule has 0 spiro atoms. The normalized spacial score (nSPS) is 18.0. The Labute approximate surface area is 136 Å². The van der Waals surface area contributed by atoms with Gasteiger partial charge in [0.15, 0.2) is 12.7 Å². The highest BCUT2D eigenvalue weighted by molar-refractivity contribution is 5.97. The summed E-state index contributed by atoms with van der Waals surface area (Å²) >= 11 is 0. The first-order valence-electron chi connectivity index (χ1n) is 7.83. The van der Waals surface area contributed by atoms with E-state index in [-0.39, 0.29) is 25.2 Å². The van der Waals surface area contributed by atoms with Gasteiger partial charge < -0.3 is 14.4 Å². The summed E-state index contributed by atoms with van der Waals surface area (Å²) in [7, 11) is 0. The second-order valence-corrected chi connectivity index (χ2v) is 5.65. The molecule has 0 radical (unpaired) electrons. The molecule has 1 heterocycles. The molecular weight excluding hydrogens is 294 g/mol. The first-order chi connectivity index (χ1) is 11.0. The van der Waals surface area contributed by atoms with Gasteiger partial charge in [0.25, 0.3) is 5.91 Å². The number of nitrogens with zero attached hydrogens (tertiary/aromatic N) is 1. The molecule has 0 aliphatic carbocycles. The van der Waals surface area contributed by atoms with Crippen molar-refractivity contribution in [1.29, 1.82) is 0 Å². The van der Waals surface area contributed by atoms with Crippen molar-refractivity contribution >= 4 is 17.6 Å². The van der Waals surface area contributed by atoms with E-state index < -0.39 is 12.1 Å². The predicted octanol–water partition coefficient (Wildman–Crippen LogP) is 2.49. The van der Waals surface area contributed by atoms with Gasteiger partial charge in [0, 0.05) is 11.7 Å². The molecule has 0 N–H and O–H groups in total. The lowest BCUT2D eigenvalue weighted by atomic mass is 9.96. The predicted molar refractivity (Wildman–Crippen MR) is 88.3 cm³/mol. The minimum atomic E-state index is -0.716. The molecule has 124 valence electrons. The molecule has 0 saturated carbocycles. The summed E-state index contributed by atoms with van der Waals surface area (Å²) in [6, 6.07) is 7.93. The Kier molecular flexibility index (Phi) is 5.93.